The van der Waals surface area contributed by atoms with Crippen molar-refractivity contribution in [2.45, 2.75) is 33.1 Å². The minimum Gasteiger partial charge on any atom is -0.326 e. The van der Waals surface area contributed by atoms with Crippen molar-refractivity contribution in [3.8, 4) is 6.07 Å². The van der Waals surface area contributed by atoms with Crippen LogP contribution >= 0.6 is 0 Å². The Morgan fingerprint density at radius 3 is 2.76 bits per heavy atom. The maximum absolute atomic E-state index is 12.4. The van der Waals surface area contributed by atoms with Gasteiger partial charge < -0.3 is 10.2 Å². The summed E-state index contributed by atoms with van der Waals surface area (Å²) in [6.07, 6.45) is 2.32. The number of nitriles is 1. The van der Waals surface area contributed by atoms with Gasteiger partial charge >= 0.3 is 0 Å². The van der Waals surface area contributed by atoms with Crippen LogP contribution in [-0.2, 0) is 4.79 Å². The third-order valence-electron chi connectivity index (χ3n) is 4.15. The molecule has 4 heteroatoms. The van der Waals surface area contributed by atoms with Gasteiger partial charge in [-0.2, -0.15) is 5.26 Å². The Morgan fingerprint density at radius 2 is 2.10 bits per heavy atom. The summed E-state index contributed by atoms with van der Waals surface area (Å²) in [4.78, 5) is 14.6. The van der Waals surface area contributed by atoms with Crippen LogP contribution in [0.2, 0.25) is 0 Å². The summed E-state index contributed by atoms with van der Waals surface area (Å²) in [5.74, 6) is 0.215. The fourth-order valence-electron chi connectivity index (χ4n) is 2.73. The molecule has 21 heavy (non-hydrogen) atoms. The van der Waals surface area contributed by atoms with Crippen LogP contribution in [-0.4, -0.2) is 30.4 Å². The molecule has 0 saturated carbocycles. The molecule has 1 saturated heterocycles. The van der Waals surface area contributed by atoms with Gasteiger partial charge in [-0.15, -0.1) is 0 Å². The van der Waals surface area contributed by atoms with E-state index in [1.165, 1.54) is 0 Å². The SMILES string of the molecule is Cc1ccc(C)c(NC(=O)C2CCN(CCC#N)CC2)c1. The van der Waals surface area contributed by atoms with Crippen LogP contribution in [0.5, 0.6) is 0 Å². The molecule has 1 amide bonds. The van der Waals surface area contributed by atoms with E-state index < -0.39 is 0 Å². The number of likely N-dealkylation sites (tertiary alicyclic amines) is 1. The highest BCUT2D eigenvalue weighted by Crippen LogP contribution is 2.22. The number of aryl methyl sites for hydroxylation is 2. The summed E-state index contributed by atoms with van der Waals surface area (Å²) in [6, 6.07) is 8.29. The second kappa shape index (κ2) is 7.24. The lowest BCUT2D eigenvalue weighted by Gasteiger charge is -2.30. The van der Waals surface area contributed by atoms with Gasteiger partial charge in [0.1, 0.15) is 0 Å². The van der Waals surface area contributed by atoms with Gasteiger partial charge in [0, 0.05) is 24.6 Å². The highest BCUT2D eigenvalue weighted by atomic mass is 16.1. The summed E-state index contributed by atoms with van der Waals surface area (Å²) < 4.78 is 0. The first-order chi connectivity index (χ1) is 10.1. The zero-order chi connectivity index (χ0) is 15.2. The predicted octanol–water partition coefficient (Wildman–Crippen LogP) is 2.87. The Kier molecular flexibility index (Phi) is 5.35. The molecule has 1 aromatic rings. The topological polar surface area (TPSA) is 56.1 Å². The number of nitrogens with one attached hydrogen (secondary N) is 1. The second-order valence-electron chi connectivity index (χ2n) is 5.83. The van der Waals surface area contributed by atoms with E-state index in [2.05, 4.69) is 22.4 Å². The quantitative estimate of drug-likeness (QED) is 0.925. The normalized spacial score (nSPS) is 16.4. The molecule has 0 atom stereocenters. The third kappa shape index (κ3) is 4.30. The number of piperidine rings is 1. The summed E-state index contributed by atoms with van der Waals surface area (Å²) in [6.45, 7) is 6.68. The molecule has 1 N–H and O–H groups in total. The van der Waals surface area contributed by atoms with E-state index in [1.807, 2.05) is 26.0 Å². The van der Waals surface area contributed by atoms with Gasteiger partial charge in [-0.1, -0.05) is 12.1 Å². The van der Waals surface area contributed by atoms with Crippen molar-refractivity contribution >= 4 is 11.6 Å². The molecule has 112 valence electrons. The van der Waals surface area contributed by atoms with Crippen LogP contribution in [0.3, 0.4) is 0 Å². The molecule has 1 aromatic carbocycles. The molecular formula is C17H23N3O. The maximum Gasteiger partial charge on any atom is 0.227 e. The average Bonchev–Trinajstić information content (AvgIpc) is 2.49. The predicted molar refractivity (Wildman–Crippen MR) is 83.9 cm³/mol. The number of hydrogen-bond acceptors (Lipinski definition) is 3. The molecule has 1 heterocycles. The van der Waals surface area contributed by atoms with E-state index in [0.717, 1.165) is 49.3 Å². The minimum atomic E-state index is 0.0863. The van der Waals surface area contributed by atoms with Gasteiger partial charge in [0.05, 0.1) is 6.07 Å². The number of hydrogen-bond donors (Lipinski definition) is 1. The van der Waals surface area contributed by atoms with Gasteiger partial charge in [0.2, 0.25) is 5.91 Å². The molecule has 4 nitrogen and oxygen atoms in total. The van der Waals surface area contributed by atoms with Crippen LogP contribution in [0.25, 0.3) is 0 Å². The van der Waals surface area contributed by atoms with E-state index in [-0.39, 0.29) is 11.8 Å². The molecular weight excluding hydrogens is 262 g/mol. The summed E-state index contributed by atoms with van der Waals surface area (Å²) in [5, 5.41) is 11.7. The van der Waals surface area contributed by atoms with Crippen molar-refractivity contribution in [1.82, 2.24) is 4.90 Å². The highest BCUT2D eigenvalue weighted by Gasteiger charge is 2.24. The standard InChI is InChI=1S/C17H23N3O/c1-13-4-5-14(2)16(12-13)19-17(21)15-6-10-20(11-7-15)9-3-8-18/h4-5,12,15H,3,6-7,9-11H2,1-2H3,(H,19,21). The summed E-state index contributed by atoms with van der Waals surface area (Å²) in [7, 11) is 0. The molecule has 2 rings (SSSR count). The number of carbonyl (C=O) groups is 1. The minimum absolute atomic E-state index is 0.0863. The summed E-state index contributed by atoms with van der Waals surface area (Å²) in [5.41, 5.74) is 3.18. The molecule has 0 aromatic heterocycles. The first-order valence-electron chi connectivity index (χ1n) is 7.57. The number of nitrogens with zero attached hydrogens (tertiary/aromatic N) is 2. The number of anilines is 1. The van der Waals surface area contributed by atoms with Crippen LogP contribution < -0.4 is 5.32 Å². The monoisotopic (exact) mass is 285 g/mol. The van der Waals surface area contributed by atoms with Crippen LogP contribution in [0, 0.1) is 31.1 Å². The number of benzene rings is 1. The zero-order valence-corrected chi connectivity index (χ0v) is 12.9. The first-order valence-corrected chi connectivity index (χ1v) is 7.57. The smallest absolute Gasteiger partial charge is 0.227 e. The largest absolute Gasteiger partial charge is 0.326 e. The zero-order valence-electron chi connectivity index (χ0n) is 12.9. The molecule has 1 fully saturated rings. The van der Waals surface area contributed by atoms with Crippen molar-refractivity contribution < 1.29 is 4.79 Å². The first kappa shape index (κ1) is 15.5. The third-order valence-corrected chi connectivity index (χ3v) is 4.15. The van der Waals surface area contributed by atoms with Crippen molar-refractivity contribution in [3.05, 3.63) is 29.3 Å². The Morgan fingerprint density at radius 1 is 1.38 bits per heavy atom. The van der Waals surface area contributed by atoms with Crippen LogP contribution in [0.15, 0.2) is 18.2 Å². The van der Waals surface area contributed by atoms with Gasteiger partial charge in [0.15, 0.2) is 0 Å². The average molecular weight is 285 g/mol. The number of amides is 1. The van der Waals surface area contributed by atoms with E-state index in [1.54, 1.807) is 0 Å². The second-order valence-corrected chi connectivity index (χ2v) is 5.83. The lowest BCUT2D eigenvalue weighted by atomic mass is 9.95. The van der Waals surface area contributed by atoms with Gasteiger partial charge in [-0.25, -0.2) is 0 Å². The Hall–Kier alpha value is -1.86. The molecule has 1 aliphatic rings. The number of carbonyl (C=O) groups excluding carboxylic acids is 1. The maximum atomic E-state index is 12.4. The Bertz CT molecular complexity index is 539. The number of rotatable bonds is 4. The fourth-order valence-corrected chi connectivity index (χ4v) is 2.73. The van der Waals surface area contributed by atoms with Gasteiger partial charge in [0.25, 0.3) is 0 Å². The van der Waals surface area contributed by atoms with E-state index in [9.17, 15) is 4.79 Å². The van der Waals surface area contributed by atoms with Crippen molar-refractivity contribution in [2.75, 3.05) is 25.0 Å². The summed E-state index contributed by atoms with van der Waals surface area (Å²) >= 11 is 0. The Labute approximate surface area is 126 Å². The van der Waals surface area contributed by atoms with Crippen LogP contribution in [0.4, 0.5) is 5.69 Å². The van der Waals surface area contributed by atoms with Crippen molar-refractivity contribution in [3.63, 3.8) is 0 Å². The Balaban J connectivity index is 1.88. The van der Waals surface area contributed by atoms with Crippen LogP contribution in [0.1, 0.15) is 30.4 Å². The molecule has 0 unspecified atom stereocenters. The van der Waals surface area contributed by atoms with E-state index in [0.29, 0.717) is 6.42 Å². The van der Waals surface area contributed by atoms with E-state index in [4.69, 9.17) is 5.26 Å². The highest BCUT2D eigenvalue weighted by molar-refractivity contribution is 5.93. The molecule has 0 aliphatic carbocycles. The molecule has 0 bridgehead atoms. The van der Waals surface area contributed by atoms with E-state index >= 15 is 0 Å². The van der Waals surface area contributed by atoms with Gasteiger partial charge in [-0.3, -0.25) is 4.79 Å². The molecule has 0 radical (unpaired) electrons. The van der Waals surface area contributed by atoms with Gasteiger partial charge in [-0.05, 0) is 57.0 Å². The molecule has 0 spiro atoms. The van der Waals surface area contributed by atoms with Crippen molar-refractivity contribution in [1.29, 1.82) is 5.26 Å². The molecule has 1 aliphatic heterocycles. The van der Waals surface area contributed by atoms with Crippen molar-refractivity contribution in [2.24, 2.45) is 5.92 Å². The lowest BCUT2D eigenvalue weighted by Crippen LogP contribution is -2.38. The fraction of sp³-hybridized carbons (Fsp3) is 0.529. The lowest BCUT2D eigenvalue weighted by molar-refractivity contribution is -0.121.